The van der Waals surface area contributed by atoms with E-state index in [0.29, 0.717) is 17.2 Å². The van der Waals surface area contributed by atoms with E-state index >= 15 is 0 Å². The van der Waals surface area contributed by atoms with Crippen LogP contribution in [0, 0.1) is 17.7 Å². The molecule has 1 N–H and O–H groups in total. The van der Waals surface area contributed by atoms with Crippen molar-refractivity contribution in [2.24, 2.45) is 11.8 Å². The summed E-state index contributed by atoms with van der Waals surface area (Å²) < 4.78 is 16.5. The van der Waals surface area contributed by atoms with Crippen LogP contribution in [0.3, 0.4) is 0 Å². The van der Waals surface area contributed by atoms with Crippen LogP contribution in [-0.2, 0) is 5.54 Å². The van der Waals surface area contributed by atoms with Gasteiger partial charge < -0.3 is 0 Å². The topological polar surface area (TPSA) is 42.2 Å². The standard InChI is InChI=1S/C17H18FNO2Se/c18-12-1-2-14-13(4-12)15(20)19(22-14)16-5-10-3-11(6-16)8-17(21,7-10)9-16/h1-2,4,10-11,21H,3,5-9H2. The molecular formula is C17H18FNO2Se. The van der Waals surface area contributed by atoms with Gasteiger partial charge in [-0.15, -0.1) is 0 Å². The molecule has 4 bridgehead atoms. The van der Waals surface area contributed by atoms with Gasteiger partial charge in [-0.2, -0.15) is 0 Å². The van der Waals surface area contributed by atoms with E-state index in [1.54, 1.807) is 6.07 Å². The van der Waals surface area contributed by atoms with Crippen LogP contribution in [-0.4, -0.2) is 29.0 Å². The van der Waals surface area contributed by atoms with Gasteiger partial charge in [0.2, 0.25) is 0 Å². The number of hydrogen-bond acceptors (Lipinski definition) is 2. The first-order chi connectivity index (χ1) is 10.5. The maximum absolute atomic E-state index is 13.5. The van der Waals surface area contributed by atoms with Crippen molar-refractivity contribution >= 4 is 24.4 Å². The molecule has 3 nitrogen and oxygen atoms in total. The van der Waals surface area contributed by atoms with Crippen molar-refractivity contribution in [3.63, 3.8) is 0 Å². The molecule has 22 heavy (non-hydrogen) atoms. The van der Waals surface area contributed by atoms with Gasteiger partial charge in [0.1, 0.15) is 0 Å². The zero-order valence-electron chi connectivity index (χ0n) is 12.2. The van der Waals surface area contributed by atoms with Crippen LogP contribution in [0.25, 0.3) is 9.65 Å². The first-order valence-electron chi connectivity index (χ1n) is 8.01. The Bertz CT molecular complexity index is 825. The van der Waals surface area contributed by atoms with Gasteiger partial charge in [0.15, 0.2) is 0 Å². The molecule has 1 aromatic heterocycles. The number of benzene rings is 1. The van der Waals surface area contributed by atoms with Gasteiger partial charge in [-0.25, -0.2) is 0 Å². The quantitative estimate of drug-likeness (QED) is 0.787. The second-order valence-corrected chi connectivity index (χ2v) is 9.81. The molecule has 5 heteroatoms. The summed E-state index contributed by atoms with van der Waals surface area (Å²) >= 11 is -0.0812. The molecule has 2 unspecified atom stereocenters. The number of aromatic nitrogens is 1. The van der Waals surface area contributed by atoms with Gasteiger partial charge in [0.25, 0.3) is 0 Å². The van der Waals surface area contributed by atoms with E-state index in [0.717, 1.165) is 36.4 Å². The summed E-state index contributed by atoms with van der Waals surface area (Å²) in [5.41, 5.74) is -0.758. The molecule has 116 valence electrons. The molecular weight excluding hydrogens is 348 g/mol. The average Bonchev–Trinajstić information content (AvgIpc) is 2.74. The van der Waals surface area contributed by atoms with Crippen molar-refractivity contribution in [3.05, 3.63) is 34.4 Å². The van der Waals surface area contributed by atoms with E-state index in [-0.39, 0.29) is 31.6 Å². The fourth-order valence-corrected chi connectivity index (χ4v) is 8.15. The SMILES string of the molecule is O=c1c2cc(F)ccc2[se]n1C12CC3CC(CC(O)(C3)C1)C2. The monoisotopic (exact) mass is 367 g/mol. The number of halogens is 1. The first-order valence-corrected chi connectivity index (χ1v) is 9.63. The van der Waals surface area contributed by atoms with Crippen LogP contribution in [0.1, 0.15) is 38.5 Å². The number of aliphatic hydroxyl groups is 1. The molecule has 0 radical (unpaired) electrons. The third kappa shape index (κ3) is 1.73. The molecule has 0 spiro atoms. The molecule has 1 heterocycles. The third-order valence-corrected chi connectivity index (χ3v) is 8.68. The minimum atomic E-state index is -0.569. The van der Waals surface area contributed by atoms with E-state index in [4.69, 9.17) is 0 Å². The number of fused-ring (bicyclic) bond motifs is 1. The van der Waals surface area contributed by atoms with Crippen LogP contribution in [0.4, 0.5) is 4.39 Å². The van der Waals surface area contributed by atoms with E-state index in [1.165, 1.54) is 18.6 Å². The summed E-state index contributed by atoms with van der Waals surface area (Å²) in [7, 11) is 0. The Morgan fingerprint density at radius 1 is 1.23 bits per heavy atom. The molecule has 4 fully saturated rings. The Labute approximate surface area is 133 Å². The summed E-state index contributed by atoms with van der Waals surface area (Å²) in [4.78, 5) is 12.9. The van der Waals surface area contributed by atoms with Crippen molar-refractivity contribution in [3.8, 4) is 0 Å². The molecule has 4 saturated carbocycles. The predicted molar refractivity (Wildman–Crippen MR) is 82.7 cm³/mol. The first kappa shape index (κ1) is 13.5. The molecule has 4 aliphatic rings. The molecule has 0 aliphatic heterocycles. The van der Waals surface area contributed by atoms with E-state index in [1.807, 2.05) is 3.56 Å². The summed E-state index contributed by atoms with van der Waals surface area (Å²) in [5, 5.41) is 11.4. The molecule has 2 atom stereocenters. The Hall–Kier alpha value is -0.901. The Balaban J connectivity index is 1.71. The van der Waals surface area contributed by atoms with E-state index in [9.17, 15) is 14.3 Å². The predicted octanol–water partition coefficient (Wildman–Crippen LogP) is 2.24. The summed E-state index contributed by atoms with van der Waals surface area (Å²) in [5.74, 6) is 0.763. The minimum absolute atomic E-state index is 0.0138. The zero-order valence-corrected chi connectivity index (χ0v) is 13.9. The van der Waals surface area contributed by atoms with E-state index < -0.39 is 5.60 Å². The Kier molecular flexibility index (Phi) is 2.54. The number of nitrogens with zero attached hydrogens (tertiary/aromatic N) is 1. The molecule has 6 rings (SSSR count). The van der Waals surface area contributed by atoms with Gasteiger partial charge in [-0.1, -0.05) is 0 Å². The second kappa shape index (κ2) is 4.14. The van der Waals surface area contributed by atoms with Crippen LogP contribution < -0.4 is 5.56 Å². The fourth-order valence-electron chi connectivity index (χ4n) is 5.71. The van der Waals surface area contributed by atoms with Crippen LogP contribution in [0.5, 0.6) is 0 Å². The van der Waals surface area contributed by atoms with Crippen molar-refractivity contribution in [1.82, 2.24) is 3.56 Å². The van der Waals surface area contributed by atoms with Gasteiger partial charge in [-0.05, 0) is 0 Å². The van der Waals surface area contributed by atoms with Crippen molar-refractivity contribution < 1.29 is 9.50 Å². The Morgan fingerprint density at radius 2 is 1.95 bits per heavy atom. The average molecular weight is 366 g/mol. The fraction of sp³-hybridized carbons (Fsp3) is 0.588. The molecule has 2 aromatic rings. The summed E-state index contributed by atoms with van der Waals surface area (Å²) in [6.45, 7) is 0. The van der Waals surface area contributed by atoms with Crippen molar-refractivity contribution in [1.29, 1.82) is 0 Å². The summed E-state index contributed by atoms with van der Waals surface area (Å²) in [6, 6.07) is 4.59. The van der Waals surface area contributed by atoms with Crippen molar-refractivity contribution in [2.45, 2.75) is 49.7 Å². The maximum atomic E-state index is 13.5. The normalized spacial score (nSPS) is 39.7. The van der Waals surface area contributed by atoms with Crippen LogP contribution in [0.2, 0.25) is 0 Å². The molecule has 0 saturated heterocycles. The number of hydrogen-bond donors (Lipinski definition) is 1. The van der Waals surface area contributed by atoms with Gasteiger partial charge in [0.05, 0.1) is 0 Å². The number of rotatable bonds is 1. The van der Waals surface area contributed by atoms with Gasteiger partial charge in [0, 0.05) is 0 Å². The zero-order chi connectivity index (χ0) is 15.1. The van der Waals surface area contributed by atoms with E-state index in [2.05, 4.69) is 0 Å². The molecule has 1 aromatic carbocycles. The summed E-state index contributed by atoms with van der Waals surface area (Å²) in [6.07, 6.45) is 5.78. The Morgan fingerprint density at radius 3 is 2.64 bits per heavy atom. The van der Waals surface area contributed by atoms with Gasteiger partial charge >= 0.3 is 133 Å². The van der Waals surface area contributed by atoms with Crippen LogP contribution >= 0.6 is 0 Å². The molecule has 0 amide bonds. The van der Waals surface area contributed by atoms with Gasteiger partial charge in [-0.3, -0.25) is 0 Å². The molecule has 4 aliphatic carbocycles. The van der Waals surface area contributed by atoms with Crippen LogP contribution in [0.15, 0.2) is 23.0 Å². The van der Waals surface area contributed by atoms with Crippen molar-refractivity contribution in [2.75, 3.05) is 0 Å². The second-order valence-electron chi connectivity index (χ2n) is 7.74. The third-order valence-electron chi connectivity index (χ3n) is 5.98.